The van der Waals surface area contributed by atoms with Crippen LogP contribution in [0.2, 0.25) is 0 Å². The number of Topliss-reactive ketones (excluding diaryl/α,β-unsaturated/α-hetero) is 1. The topological polar surface area (TPSA) is 55.8 Å². The maximum atomic E-state index is 12.7. The Labute approximate surface area is 159 Å². The van der Waals surface area contributed by atoms with E-state index in [2.05, 4.69) is 6.92 Å². The number of nitrogens with zero attached hydrogens (tertiary/aromatic N) is 1. The number of hydrogen-bond acceptors (Lipinski definition) is 4. The van der Waals surface area contributed by atoms with Crippen LogP contribution >= 0.6 is 0 Å². The zero-order valence-corrected chi connectivity index (χ0v) is 15.6. The molecule has 0 saturated heterocycles. The van der Waals surface area contributed by atoms with E-state index >= 15 is 0 Å². The summed E-state index contributed by atoms with van der Waals surface area (Å²) < 4.78 is 11.2. The summed E-state index contributed by atoms with van der Waals surface area (Å²) in [5.74, 6) is 1.24. The van der Waals surface area contributed by atoms with Crippen molar-refractivity contribution in [2.24, 2.45) is 0 Å². The molecule has 0 fully saturated rings. The van der Waals surface area contributed by atoms with Crippen LogP contribution in [0.4, 0.5) is 5.69 Å². The van der Waals surface area contributed by atoms with Gasteiger partial charge in [-0.2, -0.15) is 0 Å². The van der Waals surface area contributed by atoms with Crippen molar-refractivity contribution < 1.29 is 19.1 Å². The molecule has 1 aliphatic rings. The molecule has 2 aromatic carbocycles. The summed E-state index contributed by atoms with van der Waals surface area (Å²) in [6.45, 7) is 5.13. The minimum absolute atomic E-state index is 0.0447. The van der Waals surface area contributed by atoms with Crippen LogP contribution in [0, 0.1) is 0 Å². The summed E-state index contributed by atoms with van der Waals surface area (Å²) >= 11 is 0. The van der Waals surface area contributed by atoms with Crippen molar-refractivity contribution in [3.63, 3.8) is 0 Å². The number of ether oxygens (including phenoxy) is 2. The van der Waals surface area contributed by atoms with E-state index in [4.69, 9.17) is 9.47 Å². The third-order valence-corrected chi connectivity index (χ3v) is 4.27. The summed E-state index contributed by atoms with van der Waals surface area (Å²) in [6, 6.07) is 12.8. The monoisotopic (exact) mass is 365 g/mol. The van der Waals surface area contributed by atoms with Gasteiger partial charge in [0.2, 0.25) is 0 Å². The van der Waals surface area contributed by atoms with Crippen LogP contribution in [0.3, 0.4) is 0 Å². The van der Waals surface area contributed by atoms with Crippen LogP contribution in [0.5, 0.6) is 11.5 Å². The Bertz CT molecular complexity index is 855. The highest BCUT2D eigenvalue weighted by atomic mass is 16.5. The molecule has 0 aromatic heterocycles. The summed E-state index contributed by atoms with van der Waals surface area (Å²) in [5, 5.41) is 0. The number of rotatable bonds is 6. The molecular formula is C22H23NO4. The van der Waals surface area contributed by atoms with E-state index in [1.165, 1.54) is 13.0 Å². The molecule has 5 heteroatoms. The SMILES string of the molecule is CCCOc1ccc(/C=C/C(=O)N2CCOc3ccc(C(C)=O)cc32)cc1. The Kier molecular flexibility index (Phi) is 5.91. The van der Waals surface area contributed by atoms with Gasteiger partial charge in [-0.3, -0.25) is 9.59 Å². The quantitative estimate of drug-likeness (QED) is 0.571. The molecule has 0 bridgehead atoms. The van der Waals surface area contributed by atoms with Gasteiger partial charge in [-0.15, -0.1) is 0 Å². The van der Waals surface area contributed by atoms with E-state index < -0.39 is 0 Å². The molecular weight excluding hydrogens is 342 g/mol. The fraction of sp³-hybridized carbons (Fsp3) is 0.273. The van der Waals surface area contributed by atoms with Crippen LogP contribution in [-0.2, 0) is 4.79 Å². The van der Waals surface area contributed by atoms with Crippen LogP contribution in [0.1, 0.15) is 36.2 Å². The van der Waals surface area contributed by atoms with Gasteiger partial charge in [0, 0.05) is 11.6 Å². The fourth-order valence-corrected chi connectivity index (χ4v) is 2.82. The highest BCUT2D eigenvalue weighted by Gasteiger charge is 2.23. The third kappa shape index (κ3) is 4.56. The van der Waals surface area contributed by atoms with E-state index in [1.54, 1.807) is 29.2 Å². The maximum Gasteiger partial charge on any atom is 0.251 e. The first kappa shape index (κ1) is 18.7. The second-order valence-electron chi connectivity index (χ2n) is 6.33. The van der Waals surface area contributed by atoms with Crippen molar-refractivity contribution in [3.8, 4) is 11.5 Å². The summed E-state index contributed by atoms with van der Waals surface area (Å²) in [6.07, 6.45) is 4.27. The van der Waals surface area contributed by atoms with Crippen LogP contribution in [0.25, 0.3) is 6.08 Å². The highest BCUT2D eigenvalue weighted by molar-refractivity contribution is 6.06. The molecule has 0 N–H and O–H groups in total. The Morgan fingerprint density at radius 1 is 1.19 bits per heavy atom. The van der Waals surface area contributed by atoms with Crippen LogP contribution < -0.4 is 14.4 Å². The lowest BCUT2D eigenvalue weighted by atomic mass is 10.1. The first-order chi connectivity index (χ1) is 13.1. The average molecular weight is 365 g/mol. The summed E-state index contributed by atoms with van der Waals surface area (Å²) in [4.78, 5) is 26.0. The van der Waals surface area contributed by atoms with E-state index in [-0.39, 0.29) is 11.7 Å². The predicted octanol–water partition coefficient (Wildman–Crippen LogP) is 4.12. The Morgan fingerprint density at radius 2 is 1.96 bits per heavy atom. The standard InChI is InChI=1S/C22H23NO4/c1-3-13-26-19-8-4-17(5-9-19)6-11-22(25)23-12-14-27-21-10-7-18(16(2)24)15-20(21)23/h4-11,15H,3,12-14H2,1-2H3/b11-6+. The minimum atomic E-state index is -0.147. The normalized spacial score (nSPS) is 13.2. The molecule has 2 aromatic rings. The lowest BCUT2D eigenvalue weighted by Gasteiger charge is -2.29. The lowest BCUT2D eigenvalue weighted by Crippen LogP contribution is -2.37. The molecule has 27 heavy (non-hydrogen) atoms. The first-order valence-corrected chi connectivity index (χ1v) is 9.08. The smallest absolute Gasteiger partial charge is 0.251 e. The minimum Gasteiger partial charge on any atom is -0.494 e. The van der Waals surface area contributed by atoms with Crippen molar-refractivity contribution in [2.75, 3.05) is 24.7 Å². The average Bonchev–Trinajstić information content (AvgIpc) is 2.70. The number of amides is 1. The van der Waals surface area contributed by atoms with Crippen molar-refractivity contribution in [2.45, 2.75) is 20.3 Å². The van der Waals surface area contributed by atoms with E-state index in [0.29, 0.717) is 36.8 Å². The number of carbonyl (C=O) groups is 2. The molecule has 0 atom stereocenters. The van der Waals surface area contributed by atoms with Gasteiger partial charge in [-0.1, -0.05) is 19.1 Å². The van der Waals surface area contributed by atoms with Crippen molar-refractivity contribution >= 4 is 23.5 Å². The molecule has 5 nitrogen and oxygen atoms in total. The molecule has 3 rings (SSSR count). The highest BCUT2D eigenvalue weighted by Crippen LogP contribution is 2.33. The molecule has 1 aliphatic heterocycles. The van der Waals surface area contributed by atoms with Crippen LogP contribution in [0.15, 0.2) is 48.5 Å². The van der Waals surface area contributed by atoms with Crippen LogP contribution in [-0.4, -0.2) is 31.4 Å². The number of anilines is 1. The Balaban J connectivity index is 1.74. The first-order valence-electron chi connectivity index (χ1n) is 9.08. The maximum absolute atomic E-state index is 12.7. The molecule has 0 radical (unpaired) electrons. The van der Waals surface area contributed by atoms with Gasteiger partial charge in [0.05, 0.1) is 18.8 Å². The van der Waals surface area contributed by atoms with Crippen molar-refractivity contribution in [1.29, 1.82) is 0 Å². The van der Waals surface area contributed by atoms with Gasteiger partial charge in [-0.05, 0) is 55.3 Å². The van der Waals surface area contributed by atoms with Gasteiger partial charge >= 0.3 is 0 Å². The lowest BCUT2D eigenvalue weighted by molar-refractivity contribution is -0.114. The zero-order chi connectivity index (χ0) is 19.2. The van der Waals surface area contributed by atoms with Gasteiger partial charge in [0.1, 0.15) is 18.1 Å². The van der Waals surface area contributed by atoms with Crippen molar-refractivity contribution in [3.05, 3.63) is 59.7 Å². The zero-order valence-electron chi connectivity index (χ0n) is 15.6. The summed E-state index contributed by atoms with van der Waals surface area (Å²) in [5.41, 5.74) is 2.11. The largest absolute Gasteiger partial charge is 0.494 e. The van der Waals surface area contributed by atoms with E-state index in [0.717, 1.165) is 17.7 Å². The van der Waals surface area contributed by atoms with Gasteiger partial charge in [-0.25, -0.2) is 0 Å². The van der Waals surface area contributed by atoms with Crippen molar-refractivity contribution in [1.82, 2.24) is 0 Å². The molecule has 140 valence electrons. The molecule has 1 amide bonds. The molecule has 0 spiro atoms. The number of benzene rings is 2. The predicted molar refractivity (Wildman–Crippen MR) is 106 cm³/mol. The van der Waals surface area contributed by atoms with Gasteiger partial charge in [0.15, 0.2) is 5.78 Å². The van der Waals surface area contributed by atoms with E-state index in [1.807, 2.05) is 24.3 Å². The number of ketones is 1. The number of carbonyl (C=O) groups excluding carboxylic acids is 2. The second-order valence-corrected chi connectivity index (χ2v) is 6.33. The van der Waals surface area contributed by atoms with Gasteiger partial charge in [0.25, 0.3) is 5.91 Å². The molecule has 1 heterocycles. The fourth-order valence-electron chi connectivity index (χ4n) is 2.82. The number of hydrogen-bond donors (Lipinski definition) is 0. The van der Waals surface area contributed by atoms with Gasteiger partial charge < -0.3 is 14.4 Å². The third-order valence-electron chi connectivity index (χ3n) is 4.27. The second kappa shape index (κ2) is 8.54. The molecule has 0 aliphatic carbocycles. The number of fused-ring (bicyclic) bond motifs is 1. The molecule has 0 saturated carbocycles. The van der Waals surface area contributed by atoms with E-state index in [9.17, 15) is 9.59 Å². The Morgan fingerprint density at radius 3 is 2.67 bits per heavy atom. The molecule has 0 unspecified atom stereocenters. The Hall–Kier alpha value is -3.08. The summed E-state index contributed by atoms with van der Waals surface area (Å²) in [7, 11) is 0.